The third-order valence-electron chi connectivity index (χ3n) is 6.08. The number of hydrogen-bond acceptors (Lipinski definition) is 4. The molecular formula is C22H35NO3. The number of piperidine rings is 1. The first-order chi connectivity index (χ1) is 12.7. The smallest absolute Gasteiger partial charge is 0.125 e. The molecule has 2 N–H and O–H groups in total. The van der Waals surface area contributed by atoms with Crippen molar-refractivity contribution in [1.82, 2.24) is 5.32 Å². The predicted molar refractivity (Wildman–Crippen MR) is 105 cm³/mol. The first kappa shape index (κ1) is 19.7. The van der Waals surface area contributed by atoms with Crippen LogP contribution in [0.15, 0.2) is 24.3 Å². The lowest BCUT2D eigenvalue weighted by atomic mass is 9.74. The summed E-state index contributed by atoms with van der Waals surface area (Å²) in [6.45, 7) is 2.67. The van der Waals surface area contributed by atoms with Crippen LogP contribution in [0.25, 0.3) is 0 Å². The van der Waals surface area contributed by atoms with Crippen molar-refractivity contribution in [3.8, 4) is 5.75 Å². The summed E-state index contributed by atoms with van der Waals surface area (Å²) in [5.41, 5.74) is 0.147. The van der Waals surface area contributed by atoms with Gasteiger partial charge in [-0.2, -0.15) is 0 Å². The lowest BCUT2D eigenvalue weighted by molar-refractivity contribution is -0.0459. The number of ether oxygens (including phenoxy) is 2. The quantitative estimate of drug-likeness (QED) is 0.653. The molecular weight excluding hydrogens is 326 g/mol. The molecule has 1 aromatic carbocycles. The van der Waals surface area contributed by atoms with E-state index in [2.05, 4.69) is 11.4 Å². The summed E-state index contributed by atoms with van der Waals surface area (Å²) in [5, 5.41) is 15.4. The largest absolute Gasteiger partial charge is 0.490 e. The second-order valence-corrected chi connectivity index (χ2v) is 7.94. The molecule has 1 aliphatic carbocycles. The van der Waals surface area contributed by atoms with E-state index in [1.165, 1.54) is 12.8 Å². The number of hydrogen-bond donors (Lipinski definition) is 2. The summed E-state index contributed by atoms with van der Waals surface area (Å²) in [7, 11) is 1.74. The van der Waals surface area contributed by atoms with E-state index in [0.29, 0.717) is 6.10 Å². The molecule has 0 aromatic heterocycles. The van der Waals surface area contributed by atoms with Gasteiger partial charge in [-0.05, 0) is 70.4 Å². The monoisotopic (exact) mass is 361 g/mol. The molecule has 26 heavy (non-hydrogen) atoms. The van der Waals surface area contributed by atoms with Gasteiger partial charge in [0, 0.05) is 31.7 Å². The number of benzene rings is 1. The molecule has 3 rings (SSSR count). The average molecular weight is 362 g/mol. The molecule has 146 valence electrons. The van der Waals surface area contributed by atoms with Gasteiger partial charge in [0.15, 0.2) is 0 Å². The van der Waals surface area contributed by atoms with Crippen LogP contribution >= 0.6 is 0 Å². The number of para-hydroxylation sites is 1. The normalized spacial score (nSPS) is 23.7. The molecule has 0 radical (unpaired) electrons. The number of methoxy groups -OCH3 is 1. The molecule has 4 nitrogen and oxygen atoms in total. The van der Waals surface area contributed by atoms with Crippen LogP contribution in [-0.4, -0.2) is 38.0 Å². The van der Waals surface area contributed by atoms with Crippen molar-refractivity contribution < 1.29 is 14.6 Å². The maximum atomic E-state index is 11.9. The maximum absolute atomic E-state index is 11.9. The van der Waals surface area contributed by atoms with Crippen LogP contribution in [-0.2, 0) is 10.3 Å². The van der Waals surface area contributed by atoms with Gasteiger partial charge in [0.1, 0.15) is 5.75 Å². The van der Waals surface area contributed by atoms with Crippen molar-refractivity contribution in [1.29, 1.82) is 0 Å². The molecule has 0 bridgehead atoms. The Kier molecular flexibility index (Phi) is 7.35. The van der Waals surface area contributed by atoms with E-state index in [1.54, 1.807) is 7.11 Å². The van der Waals surface area contributed by atoms with Crippen LogP contribution in [0.3, 0.4) is 0 Å². The standard InChI is InChI=1S/C22H35NO3/c1-25-16-7-6-14-22(24,18-9-8-15-23-17-18)20-12-4-5-13-21(20)26-19-10-2-3-11-19/h4-5,12-13,18-19,23-24H,2-3,6-11,14-17H2,1H3/t18?,22-/m0/s1. The van der Waals surface area contributed by atoms with Crippen molar-refractivity contribution in [2.75, 3.05) is 26.8 Å². The fourth-order valence-electron chi connectivity index (χ4n) is 4.57. The Hall–Kier alpha value is -1.10. The third kappa shape index (κ3) is 4.79. The summed E-state index contributed by atoms with van der Waals surface area (Å²) in [5.74, 6) is 1.12. The van der Waals surface area contributed by atoms with E-state index in [4.69, 9.17) is 9.47 Å². The third-order valence-corrected chi connectivity index (χ3v) is 6.08. The highest BCUT2D eigenvalue weighted by molar-refractivity contribution is 5.39. The Morgan fingerprint density at radius 1 is 1.12 bits per heavy atom. The van der Waals surface area contributed by atoms with Gasteiger partial charge in [-0.3, -0.25) is 0 Å². The molecule has 4 heteroatoms. The van der Waals surface area contributed by atoms with Crippen LogP contribution in [0.5, 0.6) is 5.75 Å². The molecule has 0 amide bonds. The Labute approximate surface area is 158 Å². The fourth-order valence-corrected chi connectivity index (χ4v) is 4.57. The number of aliphatic hydroxyl groups is 1. The van der Waals surface area contributed by atoms with E-state index >= 15 is 0 Å². The average Bonchev–Trinajstić information content (AvgIpc) is 3.19. The molecule has 1 saturated heterocycles. The van der Waals surface area contributed by atoms with Gasteiger partial charge in [0.05, 0.1) is 11.7 Å². The van der Waals surface area contributed by atoms with Gasteiger partial charge in [-0.15, -0.1) is 0 Å². The van der Waals surface area contributed by atoms with Crippen LogP contribution in [0.2, 0.25) is 0 Å². The lowest BCUT2D eigenvalue weighted by Crippen LogP contribution is -2.44. The van der Waals surface area contributed by atoms with Gasteiger partial charge in [-0.1, -0.05) is 18.2 Å². The minimum absolute atomic E-state index is 0.229. The molecule has 0 spiro atoms. The highest BCUT2D eigenvalue weighted by Crippen LogP contribution is 2.43. The van der Waals surface area contributed by atoms with Crippen LogP contribution in [0.4, 0.5) is 0 Å². The molecule has 1 unspecified atom stereocenters. The van der Waals surface area contributed by atoms with E-state index in [0.717, 1.165) is 76.0 Å². The Bertz CT molecular complexity index is 538. The number of unbranched alkanes of at least 4 members (excludes halogenated alkanes) is 1. The van der Waals surface area contributed by atoms with Crippen molar-refractivity contribution >= 4 is 0 Å². The summed E-state index contributed by atoms with van der Waals surface area (Å²) in [6, 6.07) is 8.19. The highest BCUT2D eigenvalue weighted by Gasteiger charge is 2.40. The minimum Gasteiger partial charge on any atom is -0.490 e. The first-order valence-electron chi connectivity index (χ1n) is 10.4. The first-order valence-corrected chi connectivity index (χ1v) is 10.4. The van der Waals surface area contributed by atoms with Gasteiger partial charge in [-0.25, -0.2) is 0 Å². The zero-order valence-electron chi connectivity index (χ0n) is 16.2. The summed E-state index contributed by atoms with van der Waals surface area (Å²) < 4.78 is 11.6. The molecule has 1 heterocycles. The lowest BCUT2D eigenvalue weighted by Gasteiger charge is -2.40. The van der Waals surface area contributed by atoms with E-state index in [-0.39, 0.29) is 5.92 Å². The second-order valence-electron chi connectivity index (χ2n) is 7.94. The predicted octanol–water partition coefficient (Wildman–Crippen LogP) is 4.01. The van der Waals surface area contributed by atoms with Gasteiger partial charge in [0.2, 0.25) is 0 Å². The van der Waals surface area contributed by atoms with Gasteiger partial charge >= 0.3 is 0 Å². The molecule has 1 aliphatic heterocycles. The summed E-state index contributed by atoms with van der Waals surface area (Å²) in [4.78, 5) is 0. The number of nitrogens with one attached hydrogen (secondary N) is 1. The van der Waals surface area contributed by atoms with E-state index in [9.17, 15) is 5.11 Å². The molecule has 1 aromatic rings. The van der Waals surface area contributed by atoms with E-state index < -0.39 is 5.60 Å². The Balaban J connectivity index is 1.82. The number of rotatable bonds is 9. The summed E-state index contributed by atoms with van der Waals surface area (Å²) >= 11 is 0. The fraction of sp³-hybridized carbons (Fsp3) is 0.727. The highest BCUT2D eigenvalue weighted by atomic mass is 16.5. The van der Waals surface area contributed by atoms with Crippen LogP contribution in [0, 0.1) is 5.92 Å². The summed E-state index contributed by atoms with van der Waals surface area (Å²) in [6.07, 6.45) is 9.94. The van der Waals surface area contributed by atoms with Crippen molar-refractivity contribution in [3.05, 3.63) is 29.8 Å². The molecule has 2 fully saturated rings. The van der Waals surface area contributed by atoms with Crippen molar-refractivity contribution in [3.63, 3.8) is 0 Å². The van der Waals surface area contributed by atoms with Crippen LogP contribution in [0.1, 0.15) is 63.4 Å². The zero-order chi connectivity index (χ0) is 18.2. The van der Waals surface area contributed by atoms with Crippen LogP contribution < -0.4 is 10.1 Å². The van der Waals surface area contributed by atoms with Crippen molar-refractivity contribution in [2.45, 2.75) is 69.5 Å². The van der Waals surface area contributed by atoms with Gasteiger partial charge < -0.3 is 19.9 Å². The SMILES string of the molecule is COCCCC[C@@](O)(c1ccccc1OC1CCCC1)C1CCCNC1. The molecule has 2 atom stereocenters. The topological polar surface area (TPSA) is 50.7 Å². The zero-order valence-corrected chi connectivity index (χ0v) is 16.2. The van der Waals surface area contributed by atoms with E-state index in [1.807, 2.05) is 18.2 Å². The molecule has 2 aliphatic rings. The van der Waals surface area contributed by atoms with Gasteiger partial charge in [0.25, 0.3) is 0 Å². The maximum Gasteiger partial charge on any atom is 0.125 e. The Morgan fingerprint density at radius 2 is 1.92 bits per heavy atom. The minimum atomic E-state index is -0.837. The second kappa shape index (κ2) is 9.72. The molecule has 1 saturated carbocycles. The van der Waals surface area contributed by atoms with Crippen molar-refractivity contribution in [2.24, 2.45) is 5.92 Å². The Morgan fingerprint density at radius 3 is 2.65 bits per heavy atom.